The first-order valence-corrected chi connectivity index (χ1v) is 8.22. The highest BCUT2D eigenvalue weighted by Gasteiger charge is 2.31. The molecule has 24 heavy (non-hydrogen) atoms. The summed E-state index contributed by atoms with van der Waals surface area (Å²) in [6.07, 6.45) is 0.560. The van der Waals surface area contributed by atoms with Gasteiger partial charge in [0, 0.05) is 30.6 Å². The number of hydrogen-bond acceptors (Lipinski definition) is 4. The van der Waals surface area contributed by atoms with Crippen LogP contribution in [-0.2, 0) is 11.2 Å². The number of carbonyl (C=O) groups excluding carboxylic acids is 1. The van der Waals surface area contributed by atoms with Gasteiger partial charge in [0.2, 0.25) is 0 Å². The smallest absolute Gasteiger partial charge is 0.191 e. The Kier molecular flexibility index (Phi) is 3.82. The molecule has 4 rings (SSSR count). The topological polar surface area (TPSA) is 49.8 Å². The van der Waals surface area contributed by atoms with E-state index in [9.17, 15) is 9.90 Å². The fourth-order valence-electron chi connectivity index (χ4n) is 3.50. The monoisotopic (exact) mass is 321 g/mol. The van der Waals surface area contributed by atoms with Crippen LogP contribution in [0.25, 0.3) is 5.70 Å². The molecule has 2 aromatic carbocycles. The van der Waals surface area contributed by atoms with Crippen LogP contribution in [0.1, 0.15) is 21.5 Å². The van der Waals surface area contributed by atoms with Crippen LogP contribution < -0.4 is 0 Å². The molecule has 1 aliphatic carbocycles. The SMILES string of the molecule is O=C1C(=C(c2ccccc2)N2CCOCC2)Cc2cc(O)ccc21. The van der Waals surface area contributed by atoms with Gasteiger partial charge in [-0.3, -0.25) is 4.79 Å². The zero-order valence-electron chi connectivity index (χ0n) is 13.4. The van der Waals surface area contributed by atoms with Crippen LogP contribution in [-0.4, -0.2) is 42.1 Å². The number of morpholine rings is 1. The van der Waals surface area contributed by atoms with Crippen molar-refractivity contribution >= 4 is 11.5 Å². The molecule has 1 heterocycles. The lowest BCUT2D eigenvalue weighted by atomic mass is 10.0. The number of rotatable bonds is 2. The van der Waals surface area contributed by atoms with Crippen molar-refractivity contribution in [2.45, 2.75) is 6.42 Å². The zero-order valence-corrected chi connectivity index (χ0v) is 13.4. The lowest BCUT2D eigenvalue weighted by Gasteiger charge is -2.32. The molecule has 2 aliphatic rings. The summed E-state index contributed by atoms with van der Waals surface area (Å²) in [5.41, 5.74) is 4.46. The van der Waals surface area contributed by atoms with Gasteiger partial charge in [0.25, 0.3) is 0 Å². The number of Topliss-reactive ketones (excluding diaryl/α,β-unsaturated/α-hetero) is 1. The van der Waals surface area contributed by atoms with Crippen molar-refractivity contribution in [3.8, 4) is 5.75 Å². The maximum absolute atomic E-state index is 13.0. The molecule has 4 nitrogen and oxygen atoms in total. The summed E-state index contributed by atoms with van der Waals surface area (Å²) < 4.78 is 5.47. The maximum atomic E-state index is 13.0. The average molecular weight is 321 g/mol. The highest BCUT2D eigenvalue weighted by atomic mass is 16.5. The molecule has 0 saturated carbocycles. The molecule has 0 radical (unpaired) electrons. The molecule has 2 aromatic rings. The van der Waals surface area contributed by atoms with E-state index in [0.717, 1.165) is 35.5 Å². The van der Waals surface area contributed by atoms with E-state index in [1.54, 1.807) is 18.2 Å². The van der Waals surface area contributed by atoms with E-state index >= 15 is 0 Å². The van der Waals surface area contributed by atoms with Crippen LogP contribution in [0.4, 0.5) is 0 Å². The van der Waals surface area contributed by atoms with E-state index in [1.807, 2.05) is 30.3 Å². The molecular weight excluding hydrogens is 302 g/mol. The van der Waals surface area contributed by atoms with Gasteiger partial charge in [-0.15, -0.1) is 0 Å². The van der Waals surface area contributed by atoms with Crippen molar-refractivity contribution in [3.63, 3.8) is 0 Å². The van der Waals surface area contributed by atoms with E-state index < -0.39 is 0 Å². The third-order valence-electron chi connectivity index (χ3n) is 4.64. The van der Waals surface area contributed by atoms with Gasteiger partial charge < -0.3 is 14.7 Å². The standard InChI is InChI=1S/C20H19NO3/c22-16-6-7-17-15(12-16)13-18(20(17)23)19(14-4-2-1-3-5-14)21-8-10-24-11-9-21/h1-7,12,22H,8-11,13H2. The van der Waals surface area contributed by atoms with Crippen molar-refractivity contribution in [2.75, 3.05) is 26.3 Å². The van der Waals surface area contributed by atoms with Crippen molar-refractivity contribution in [2.24, 2.45) is 0 Å². The van der Waals surface area contributed by atoms with E-state index in [2.05, 4.69) is 4.90 Å². The first-order chi connectivity index (χ1) is 11.7. The Bertz CT molecular complexity index is 805. The summed E-state index contributed by atoms with van der Waals surface area (Å²) in [7, 11) is 0. The van der Waals surface area contributed by atoms with Gasteiger partial charge in [-0.25, -0.2) is 0 Å². The molecule has 0 unspecified atom stereocenters. The number of ether oxygens (including phenoxy) is 1. The minimum absolute atomic E-state index is 0.0651. The molecule has 0 amide bonds. The molecule has 1 saturated heterocycles. The summed E-state index contributed by atoms with van der Waals surface area (Å²) >= 11 is 0. The van der Waals surface area contributed by atoms with E-state index in [-0.39, 0.29) is 11.5 Å². The number of nitrogens with zero attached hydrogens (tertiary/aromatic N) is 1. The predicted molar refractivity (Wildman–Crippen MR) is 91.9 cm³/mol. The van der Waals surface area contributed by atoms with E-state index in [4.69, 9.17) is 4.74 Å². The molecule has 1 fully saturated rings. The first-order valence-electron chi connectivity index (χ1n) is 8.22. The number of phenolic OH excluding ortho intramolecular Hbond substituents is 1. The van der Waals surface area contributed by atoms with Gasteiger partial charge in [-0.1, -0.05) is 30.3 Å². The number of hydrogen-bond donors (Lipinski definition) is 1. The van der Waals surface area contributed by atoms with Crippen molar-refractivity contribution in [1.29, 1.82) is 0 Å². The maximum Gasteiger partial charge on any atom is 0.191 e. The van der Waals surface area contributed by atoms with Crippen LogP contribution in [0, 0.1) is 0 Å². The van der Waals surface area contributed by atoms with Gasteiger partial charge in [0.15, 0.2) is 5.78 Å². The highest BCUT2D eigenvalue weighted by molar-refractivity contribution is 6.17. The predicted octanol–water partition coefficient (Wildman–Crippen LogP) is 2.87. The number of phenols is 1. The number of allylic oxidation sites excluding steroid dienone is 1. The van der Waals surface area contributed by atoms with Crippen molar-refractivity contribution < 1.29 is 14.6 Å². The molecule has 0 aromatic heterocycles. The molecule has 0 spiro atoms. The summed E-state index contributed by atoms with van der Waals surface area (Å²) in [5.74, 6) is 0.269. The number of fused-ring (bicyclic) bond motifs is 1. The first kappa shape index (κ1) is 15.0. The minimum Gasteiger partial charge on any atom is -0.508 e. The van der Waals surface area contributed by atoms with Crippen molar-refractivity contribution in [1.82, 2.24) is 4.90 Å². The van der Waals surface area contributed by atoms with Gasteiger partial charge in [0.1, 0.15) is 5.75 Å². The van der Waals surface area contributed by atoms with Crippen molar-refractivity contribution in [3.05, 3.63) is 70.8 Å². The fourth-order valence-corrected chi connectivity index (χ4v) is 3.50. The summed E-state index contributed by atoms with van der Waals surface area (Å²) in [5, 5.41) is 9.72. The number of aromatic hydroxyl groups is 1. The highest BCUT2D eigenvalue weighted by Crippen LogP contribution is 2.35. The zero-order chi connectivity index (χ0) is 16.5. The van der Waals surface area contributed by atoms with Gasteiger partial charge in [-0.05, 0) is 29.3 Å². The molecule has 122 valence electrons. The second kappa shape index (κ2) is 6.13. The summed E-state index contributed by atoms with van der Waals surface area (Å²) in [6.45, 7) is 2.91. The minimum atomic E-state index is 0.0651. The number of ketones is 1. The lowest BCUT2D eigenvalue weighted by Crippen LogP contribution is -2.36. The van der Waals surface area contributed by atoms with E-state index in [1.165, 1.54) is 0 Å². The van der Waals surface area contributed by atoms with Crippen LogP contribution in [0.15, 0.2) is 54.1 Å². The Hall–Kier alpha value is -2.59. The van der Waals surface area contributed by atoms with Crippen LogP contribution >= 0.6 is 0 Å². The molecule has 4 heteroatoms. The number of benzene rings is 2. The Morgan fingerprint density at radius 1 is 1.04 bits per heavy atom. The Morgan fingerprint density at radius 3 is 2.54 bits per heavy atom. The van der Waals surface area contributed by atoms with Crippen LogP contribution in [0.2, 0.25) is 0 Å². The molecule has 1 aliphatic heterocycles. The average Bonchev–Trinajstić information content (AvgIpc) is 2.93. The second-order valence-electron chi connectivity index (χ2n) is 6.14. The molecule has 0 bridgehead atoms. The Morgan fingerprint density at radius 2 is 1.79 bits per heavy atom. The van der Waals surface area contributed by atoms with Gasteiger partial charge in [0.05, 0.1) is 18.9 Å². The lowest BCUT2D eigenvalue weighted by molar-refractivity contribution is 0.0634. The molecule has 1 N–H and O–H groups in total. The van der Waals surface area contributed by atoms with E-state index in [0.29, 0.717) is 25.2 Å². The molecular formula is C20H19NO3. The van der Waals surface area contributed by atoms with Crippen LogP contribution in [0.5, 0.6) is 5.75 Å². The Labute approximate surface area is 141 Å². The quantitative estimate of drug-likeness (QED) is 0.864. The largest absolute Gasteiger partial charge is 0.508 e. The normalized spacial score (nSPS) is 19.3. The summed E-state index contributed by atoms with van der Waals surface area (Å²) in [6, 6.07) is 15.1. The molecule has 0 atom stereocenters. The van der Waals surface area contributed by atoms with Crippen LogP contribution in [0.3, 0.4) is 0 Å². The summed E-state index contributed by atoms with van der Waals surface area (Å²) in [4.78, 5) is 15.2. The second-order valence-corrected chi connectivity index (χ2v) is 6.14. The number of carbonyl (C=O) groups is 1. The van der Waals surface area contributed by atoms with Gasteiger partial charge in [-0.2, -0.15) is 0 Å². The fraction of sp³-hybridized carbons (Fsp3) is 0.250. The van der Waals surface area contributed by atoms with Gasteiger partial charge >= 0.3 is 0 Å². The third-order valence-corrected chi connectivity index (χ3v) is 4.64. The third kappa shape index (κ3) is 2.59. The Balaban J connectivity index is 1.84.